The van der Waals surface area contributed by atoms with Crippen LogP contribution in [0.2, 0.25) is 51.9 Å². The van der Waals surface area contributed by atoms with Crippen LogP contribution < -0.4 is 0 Å². The SMILES string of the molecule is C[Si](C)(C)O[Si](C)(CCCOCCOCCOCCOCCO)O[Si](C)(C)C. The molecular formula is C18H44O7Si3. The van der Waals surface area contributed by atoms with Crippen molar-refractivity contribution in [2.75, 3.05) is 59.5 Å². The molecule has 0 atom stereocenters. The molecule has 0 amide bonds. The Morgan fingerprint density at radius 2 is 0.893 bits per heavy atom. The van der Waals surface area contributed by atoms with E-state index in [4.69, 9.17) is 32.3 Å². The van der Waals surface area contributed by atoms with Crippen molar-refractivity contribution >= 4 is 25.2 Å². The molecule has 0 saturated heterocycles. The van der Waals surface area contributed by atoms with Crippen LogP contribution in [0.1, 0.15) is 6.42 Å². The predicted molar refractivity (Wildman–Crippen MR) is 120 cm³/mol. The molecule has 0 aliphatic carbocycles. The summed E-state index contributed by atoms with van der Waals surface area (Å²) in [7, 11) is -5.42. The summed E-state index contributed by atoms with van der Waals surface area (Å²) in [6, 6.07) is 0.967. The van der Waals surface area contributed by atoms with E-state index in [9.17, 15) is 0 Å². The largest absolute Gasteiger partial charge is 0.437 e. The van der Waals surface area contributed by atoms with E-state index < -0.39 is 25.2 Å². The molecule has 0 aromatic carbocycles. The Labute approximate surface area is 175 Å². The molecule has 0 aliphatic rings. The van der Waals surface area contributed by atoms with Crippen molar-refractivity contribution in [1.29, 1.82) is 0 Å². The highest BCUT2D eigenvalue weighted by Gasteiger charge is 2.39. The standard InChI is InChI=1S/C18H44O7Si3/c1-26(2,3)24-28(7,25-27(4,5)6)18-8-10-20-12-14-22-16-17-23-15-13-21-11-9-19/h19H,8-18H2,1-7H3. The second-order valence-electron chi connectivity index (χ2n) is 8.84. The van der Waals surface area contributed by atoms with Gasteiger partial charge in [-0.3, -0.25) is 0 Å². The zero-order chi connectivity index (χ0) is 21.5. The van der Waals surface area contributed by atoms with E-state index >= 15 is 0 Å². The van der Waals surface area contributed by atoms with E-state index in [1.165, 1.54) is 0 Å². The molecule has 0 heterocycles. The first-order valence-electron chi connectivity index (χ1n) is 10.3. The van der Waals surface area contributed by atoms with Gasteiger partial charge in [0.25, 0.3) is 0 Å². The van der Waals surface area contributed by atoms with Crippen LogP contribution in [0.5, 0.6) is 0 Å². The summed E-state index contributed by atoms with van der Waals surface area (Å²) < 4.78 is 34.6. The lowest BCUT2D eigenvalue weighted by molar-refractivity contribution is -0.00549. The van der Waals surface area contributed by atoms with Gasteiger partial charge in [0, 0.05) is 6.61 Å². The highest BCUT2D eigenvalue weighted by Crippen LogP contribution is 2.25. The lowest BCUT2D eigenvalue weighted by atomic mass is 10.5. The molecule has 0 bridgehead atoms. The van der Waals surface area contributed by atoms with Gasteiger partial charge in [-0.1, -0.05) is 0 Å². The molecule has 0 aliphatic heterocycles. The fourth-order valence-electron chi connectivity index (χ4n) is 2.74. The number of aliphatic hydroxyl groups is 1. The second kappa shape index (κ2) is 15.2. The van der Waals surface area contributed by atoms with Crippen LogP contribution in [0.15, 0.2) is 0 Å². The Balaban J connectivity index is 3.75. The quantitative estimate of drug-likeness (QED) is 0.236. The Hall–Kier alpha value is 0.371. The molecule has 0 radical (unpaired) electrons. The molecular weight excluding hydrogens is 412 g/mol. The minimum Gasteiger partial charge on any atom is -0.437 e. The van der Waals surface area contributed by atoms with Gasteiger partial charge in [-0.05, 0) is 58.3 Å². The summed E-state index contributed by atoms with van der Waals surface area (Å²) in [4.78, 5) is 0. The molecule has 0 unspecified atom stereocenters. The van der Waals surface area contributed by atoms with E-state index in [1.807, 2.05) is 0 Å². The van der Waals surface area contributed by atoms with Crippen LogP contribution in [0.3, 0.4) is 0 Å². The average Bonchev–Trinajstić information content (AvgIpc) is 2.51. The number of ether oxygens (including phenoxy) is 4. The van der Waals surface area contributed by atoms with Gasteiger partial charge < -0.3 is 32.3 Å². The van der Waals surface area contributed by atoms with Gasteiger partial charge in [0.15, 0.2) is 16.6 Å². The summed E-state index contributed by atoms with van der Waals surface area (Å²) in [6.45, 7) is 19.9. The van der Waals surface area contributed by atoms with Crippen LogP contribution in [0, 0.1) is 0 Å². The van der Waals surface area contributed by atoms with E-state index in [2.05, 4.69) is 45.8 Å². The summed E-state index contributed by atoms with van der Waals surface area (Å²) in [5.41, 5.74) is 0. The minimum absolute atomic E-state index is 0.0429. The molecule has 10 heteroatoms. The van der Waals surface area contributed by atoms with Crippen molar-refractivity contribution in [2.24, 2.45) is 0 Å². The fraction of sp³-hybridized carbons (Fsp3) is 1.00. The van der Waals surface area contributed by atoms with Crippen LogP contribution in [-0.2, 0) is 27.2 Å². The molecule has 0 fully saturated rings. The Morgan fingerprint density at radius 3 is 1.25 bits per heavy atom. The number of hydrogen-bond acceptors (Lipinski definition) is 7. The number of aliphatic hydroxyl groups excluding tert-OH is 1. The van der Waals surface area contributed by atoms with Gasteiger partial charge in [0.1, 0.15) is 0 Å². The lowest BCUT2D eigenvalue weighted by Crippen LogP contribution is -2.52. The minimum atomic E-state index is -2.15. The molecule has 0 rings (SSSR count). The molecule has 1 N–H and O–H groups in total. The van der Waals surface area contributed by atoms with Crippen molar-refractivity contribution in [3.8, 4) is 0 Å². The molecule has 28 heavy (non-hydrogen) atoms. The second-order valence-corrected chi connectivity index (χ2v) is 21.7. The zero-order valence-electron chi connectivity index (χ0n) is 19.2. The molecule has 0 spiro atoms. The van der Waals surface area contributed by atoms with Gasteiger partial charge in [-0.25, -0.2) is 0 Å². The number of hydrogen-bond donors (Lipinski definition) is 1. The van der Waals surface area contributed by atoms with E-state index in [0.717, 1.165) is 12.5 Å². The van der Waals surface area contributed by atoms with Crippen LogP contribution >= 0.6 is 0 Å². The summed E-state index contributed by atoms with van der Waals surface area (Å²) >= 11 is 0. The fourth-order valence-corrected chi connectivity index (χ4v) is 15.2. The predicted octanol–water partition coefficient (Wildman–Crippen LogP) is 3.21. The third-order valence-corrected chi connectivity index (χ3v) is 12.9. The average molecular weight is 457 g/mol. The van der Waals surface area contributed by atoms with Crippen molar-refractivity contribution in [1.82, 2.24) is 0 Å². The normalized spacial score (nSPS) is 13.3. The maximum atomic E-state index is 8.57. The maximum absolute atomic E-state index is 8.57. The van der Waals surface area contributed by atoms with Gasteiger partial charge >= 0.3 is 8.56 Å². The number of rotatable bonds is 19. The highest BCUT2D eigenvalue weighted by atomic mass is 28.5. The van der Waals surface area contributed by atoms with E-state index in [-0.39, 0.29) is 6.61 Å². The van der Waals surface area contributed by atoms with Crippen LogP contribution in [0.4, 0.5) is 0 Å². The third kappa shape index (κ3) is 19.7. The summed E-state index contributed by atoms with van der Waals surface area (Å²) in [6.07, 6.45) is 0.953. The van der Waals surface area contributed by atoms with Gasteiger partial charge in [-0.15, -0.1) is 0 Å². The summed E-state index contributed by atoms with van der Waals surface area (Å²) in [5.74, 6) is 0. The van der Waals surface area contributed by atoms with Gasteiger partial charge in [-0.2, -0.15) is 0 Å². The monoisotopic (exact) mass is 456 g/mol. The van der Waals surface area contributed by atoms with Crippen molar-refractivity contribution in [2.45, 2.75) is 58.3 Å². The Kier molecular flexibility index (Phi) is 15.4. The zero-order valence-corrected chi connectivity index (χ0v) is 22.2. The smallest absolute Gasteiger partial charge is 0.314 e. The van der Waals surface area contributed by atoms with Crippen molar-refractivity contribution in [3.05, 3.63) is 0 Å². The third-order valence-electron chi connectivity index (χ3n) is 3.32. The molecule has 0 saturated carbocycles. The van der Waals surface area contributed by atoms with E-state index in [0.29, 0.717) is 52.9 Å². The van der Waals surface area contributed by atoms with Crippen LogP contribution in [0.25, 0.3) is 0 Å². The molecule has 7 nitrogen and oxygen atoms in total. The molecule has 170 valence electrons. The summed E-state index contributed by atoms with van der Waals surface area (Å²) in [5, 5.41) is 8.57. The first-order valence-corrected chi connectivity index (χ1v) is 19.6. The topological polar surface area (TPSA) is 75.6 Å². The Bertz CT molecular complexity index is 357. The molecule has 0 aromatic rings. The van der Waals surface area contributed by atoms with Gasteiger partial charge in [0.05, 0.1) is 52.9 Å². The van der Waals surface area contributed by atoms with Gasteiger partial charge in [0.2, 0.25) is 0 Å². The van der Waals surface area contributed by atoms with Crippen molar-refractivity contribution < 1.29 is 32.3 Å². The first-order chi connectivity index (χ1) is 13.0. The van der Waals surface area contributed by atoms with E-state index in [1.54, 1.807) is 0 Å². The molecule has 0 aromatic heterocycles. The Morgan fingerprint density at radius 1 is 0.536 bits per heavy atom. The maximum Gasteiger partial charge on any atom is 0.314 e. The van der Waals surface area contributed by atoms with Crippen molar-refractivity contribution in [3.63, 3.8) is 0 Å². The first kappa shape index (κ1) is 28.4. The van der Waals surface area contributed by atoms with Crippen LogP contribution in [-0.4, -0.2) is 89.8 Å². The lowest BCUT2D eigenvalue weighted by Gasteiger charge is -2.38. The highest BCUT2D eigenvalue weighted by molar-refractivity contribution is 6.87.